The first-order chi connectivity index (χ1) is 12.6. The SMILES string of the molecule is COCc1nc(C(=O)N2CCC(Cc3ccccc3C(=O)O)CC2)cs1. The first-order valence-electron chi connectivity index (χ1n) is 8.62. The minimum absolute atomic E-state index is 0.0343. The van der Waals surface area contributed by atoms with E-state index in [0.717, 1.165) is 29.8 Å². The number of carbonyl (C=O) groups excluding carboxylic acids is 1. The number of carboxylic acids is 1. The van der Waals surface area contributed by atoms with Crippen LogP contribution in [0.4, 0.5) is 0 Å². The van der Waals surface area contributed by atoms with Crippen LogP contribution in [0.5, 0.6) is 0 Å². The largest absolute Gasteiger partial charge is 0.478 e. The standard InChI is InChI=1S/C19H22N2O4S/c1-25-11-17-20-16(12-26-17)18(22)21-8-6-13(7-9-21)10-14-4-2-3-5-15(14)19(23)24/h2-5,12-13H,6-11H2,1H3,(H,23,24). The summed E-state index contributed by atoms with van der Waals surface area (Å²) in [4.78, 5) is 30.1. The number of nitrogens with zero attached hydrogens (tertiary/aromatic N) is 2. The fraction of sp³-hybridized carbons (Fsp3) is 0.421. The van der Waals surface area contributed by atoms with Gasteiger partial charge in [-0.25, -0.2) is 9.78 Å². The number of methoxy groups -OCH3 is 1. The third kappa shape index (κ3) is 4.28. The second-order valence-electron chi connectivity index (χ2n) is 6.46. The molecule has 1 fully saturated rings. The van der Waals surface area contributed by atoms with E-state index < -0.39 is 5.97 Å². The average molecular weight is 374 g/mol. The third-order valence-corrected chi connectivity index (χ3v) is 5.52. The van der Waals surface area contributed by atoms with Gasteiger partial charge in [-0.2, -0.15) is 0 Å². The second-order valence-corrected chi connectivity index (χ2v) is 7.40. The zero-order chi connectivity index (χ0) is 18.5. The number of benzene rings is 1. The number of likely N-dealkylation sites (tertiary alicyclic amines) is 1. The molecule has 1 aliphatic heterocycles. The van der Waals surface area contributed by atoms with Crippen molar-refractivity contribution in [2.24, 2.45) is 5.92 Å². The van der Waals surface area contributed by atoms with Crippen LogP contribution in [0.25, 0.3) is 0 Å². The van der Waals surface area contributed by atoms with E-state index >= 15 is 0 Å². The second kappa shape index (κ2) is 8.42. The molecule has 1 aliphatic rings. The van der Waals surface area contributed by atoms with Crippen molar-refractivity contribution in [2.75, 3.05) is 20.2 Å². The minimum Gasteiger partial charge on any atom is -0.478 e. The van der Waals surface area contributed by atoms with Gasteiger partial charge in [0.2, 0.25) is 0 Å². The molecule has 2 aromatic rings. The Morgan fingerprint density at radius 3 is 2.73 bits per heavy atom. The molecule has 1 aromatic carbocycles. The molecule has 0 radical (unpaired) electrons. The number of carboxylic acid groups (broad SMARTS) is 1. The number of carbonyl (C=O) groups is 2. The summed E-state index contributed by atoms with van der Waals surface area (Å²) in [5.74, 6) is -0.532. The number of ether oxygens (including phenoxy) is 1. The number of aromatic nitrogens is 1. The minimum atomic E-state index is -0.886. The Kier molecular flexibility index (Phi) is 6.00. The predicted molar refractivity (Wildman–Crippen MR) is 98.6 cm³/mol. The van der Waals surface area contributed by atoms with Crippen molar-refractivity contribution >= 4 is 23.2 Å². The van der Waals surface area contributed by atoms with Crippen LogP contribution in [-0.2, 0) is 17.8 Å². The summed E-state index contributed by atoms with van der Waals surface area (Å²) < 4.78 is 5.04. The first-order valence-corrected chi connectivity index (χ1v) is 9.50. The van der Waals surface area contributed by atoms with Crippen molar-refractivity contribution in [1.82, 2.24) is 9.88 Å². The number of rotatable bonds is 6. The lowest BCUT2D eigenvalue weighted by Gasteiger charge is -2.31. The van der Waals surface area contributed by atoms with Gasteiger partial charge in [0, 0.05) is 25.6 Å². The summed E-state index contributed by atoms with van der Waals surface area (Å²) in [6, 6.07) is 7.16. The summed E-state index contributed by atoms with van der Waals surface area (Å²) in [5, 5.41) is 11.9. The predicted octanol–water partition coefficient (Wildman–Crippen LogP) is 3.08. The van der Waals surface area contributed by atoms with Crippen molar-refractivity contribution < 1.29 is 19.4 Å². The van der Waals surface area contributed by atoms with Crippen molar-refractivity contribution in [2.45, 2.75) is 25.9 Å². The van der Waals surface area contributed by atoms with Crippen LogP contribution in [0.1, 0.15) is 44.3 Å². The average Bonchev–Trinajstić information content (AvgIpc) is 3.11. The van der Waals surface area contributed by atoms with Gasteiger partial charge in [0.05, 0.1) is 12.2 Å². The Bertz CT molecular complexity index is 781. The Labute approximate surface area is 156 Å². The monoisotopic (exact) mass is 374 g/mol. The van der Waals surface area contributed by atoms with Crippen molar-refractivity contribution in [3.63, 3.8) is 0 Å². The van der Waals surface area contributed by atoms with Gasteiger partial charge in [-0.05, 0) is 36.8 Å². The van der Waals surface area contributed by atoms with Gasteiger partial charge in [0.25, 0.3) is 5.91 Å². The lowest BCUT2D eigenvalue weighted by atomic mass is 9.88. The van der Waals surface area contributed by atoms with E-state index in [4.69, 9.17) is 4.74 Å². The Hall–Kier alpha value is -2.25. The van der Waals surface area contributed by atoms with E-state index in [9.17, 15) is 14.7 Å². The normalized spacial score (nSPS) is 15.2. The molecule has 1 aromatic heterocycles. The molecular formula is C19H22N2O4S. The van der Waals surface area contributed by atoms with Crippen molar-refractivity contribution in [1.29, 1.82) is 0 Å². The molecule has 1 amide bonds. The zero-order valence-corrected chi connectivity index (χ0v) is 15.5. The topological polar surface area (TPSA) is 79.7 Å². The number of amides is 1. The molecule has 1 saturated heterocycles. The van der Waals surface area contributed by atoms with E-state index in [1.54, 1.807) is 24.6 Å². The molecule has 138 valence electrons. The van der Waals surface area contributed by atoms with Gasteiger partial charge in [0.15, 0.2) is 0 Å². The molecule has 0 spiro atoms. The Morgan fingerprint density at radius 1 is 1.31 bits per heavy atom. The van der Waals surface area contributed by atoms with Crippen LogP contribution < -0.4 is 0 Å². The molecule has 0 unspecified atom stereocenters. The fourth-order valence-corrected chi connectivity index (χ4v) is 4.06. The van der Waals surface area contributed by atoms with E-state index in [0.29, 0.717) is 36.9 Å². The molecule has 26 heavy (non-hydrogen) atoms. The van der Waals surface area contributed by atoms with Crippen molar-refractivity contribution in [3.8, 4) is 0 Å². The van der Waals surface area contributed by atoms with E-state index in [1.807, 2.05) is 17.0 Å². The van der Waals surface area contributed by atoms with E-state index in [2.05, 4.69) is 4.98 Å². The van der Waals surface area contributed by atoms with Crippen LogP contribution in [0, 0.1) is 5.92 Å². The van der Waals surface area contributed by atoms with Gasteiger partial charge in [0.1, 0.15) is 10.7 Å². The fourth-order valence-electron chi connectivity index (χ4n) is 3.32. The van der Waals surface area contributed by atoms with Gasteiger partial charge in [-0.1, -0.05) is 18.2 Å². The van der Waals surface area contributed by atoms with Gasteiger partial charge in [-0.3, -0.25) is 4.79 Å². The first kappa shape index (κ1) is 18.5. The molecule has 6 nitrogen and oxygen atoms in total. The van der Waals surface area contributed by atoms with Crippen LogP contribution in [0.2, 0.25) is 0 Å². The highest BCUT2D eigenvalue weighted by atomic mass is 32.1. The highest BCUT2D eigenvalue weighted by Gasteiger charge is 2.26. The highest BCUT2D eigenvalue weighted by Crippen LogP contribution is 2.25. The summed E-state index contributed by atoms with van der Waals surface area (Å²) in [5.41, 5.74) is 1.73. The maximum absolute atomic E-state index is 12.6. The molecule has 0 aliphatic carbocycles. The number of hydrogen-bond donors (Lipinski definition) is 1. The molecule has 0 atom stereocenters. The molecule has 0 saturated carbocycles. The molecular weight excluding hydrogens is 352 g/mol. The molecule has 0 bridgehead atoms. The number of aromatic carboxylic acids is 1. The quantitative estimate of drug-likeness (QED) is 0.840. The molecule has 1 N–H and O–H groups in total. The van der Waals surface area contributed by atoms with Gasteiger partial charge < -0.3 is 14.7 Å². The zero-order valence-electron chi connectivity index (χ0n) is 14.7. The third-order valence-electron chi connectivity index (χ3n) is 4.70. The van der Waals surface area contributed by atoms with Crippen LogP contribution in [0.15, 0.2) is 29.6 Å². The van der Waals surface area contributed by atoms with Gasteiger partial charge in [-0.15, -0.1) is 11.3 Å². The molecule has 2 heterocycles. The molecule has 3 rings (SSSR count). The van der Waals surface area contributed by atoms with Crippen molar-refractivity contribution in [3.05, 3.63) is 51.5 Å². The summed E-state index contributed by atoms with van der Waals surface area (Å²) in [7, 11) is 1.61. The maximum atomic E-state index is 12.6. The van der Waals surface area contributed by atoms with Crippen LogP contribution in [0.3, 0.4) is 0 Å². The van der Waals surface area contributed by atoms with E-state index in [1.165, 1.54) is 11.3 Å². The number of hydrogen-bond acceptors (Lipinski definition) is 5. The lowest BCUT2D eigenvalue weighted by Crippen LogP contribution is -2.39. The van der Waals surface area contributed by atoms with Gasteiger partial charge >= 0.3 is 5.97 Å². The van der Waals surface area contributed by atoms with Crippen LogP contribution in [-0.4, -0.2) is 47.1 Å². The summed E-state index contributed by atoms with van der Waals surface area (Å²) in [6.45, 7) is 1.77. The number of piperidine rings is 1. The lowest BCUT2D eigenvalue weighted by molar-refractivity contribution is 0.0684. The smallest absolute Gasteiger partial charge is 0.335 e. The highest BCUT2D eigenvalue weighted by molar-refractivity contribution is 7.09. The molecule has 7 heteroatoms. The van der Waals surface area contributed by atoms with E-state index in [-0.39, 0.29) is 5.91 Å². The Balaban J connectivity index is 1.57. The Morgan fingerprint density at radius 2 is 2.04 bits per heavy atom. The number of thiazole rings is 1. The van der Waals surface area contributed by atoms with Crippen LogP contribution >= 0.6 is 11.3 Å². The summed E-state index contributed by atoms with van der Waals surface area (Å²) >= 11 is 1.43. The maximum Gasteiger partial charge on any atom is 0.335 e. The summed E-state index contributed by atoms with van der Waals surface area (Å²) in [6.07, 6.45) is 2.47.